The summed E-state index contributed by atoms with van der Waals surface area (Å²) in [7, 11) is 0. The van der Waals surface area contributed by atoms with E-state index in [1.807, 2.05) is 35.8 Å². The Morgan fingerprint density at radius 3 is 2.50 bits per heavy atom. The predicted molar refractivity (Wildman–Crippen MR) is 122 cm³/mol. The molecule has 2 aromatic carbocycles. The van der Waals surface area contributed by atoms with Crippen molar-refractivity contribution in [2.24, 2.45) is 0 Å². The molecule has 3 aromatic rings. The first-order chi connectivity index (χ1) is 14.3. The number of carbonyl (C=O) groups is 1. The second-order valence-corrected chi connectivity index (χ2v) is 8.72. The minimum absolute atomic E-state index is 0.0882. The van der Waals surface area contributed by atoms with Gasteiger partial charge in [-0.05, 0) is 44.0 Å². The number of anilines is 1. The third-order valence-corrected chi connectivity index (χ3v) is 6.72. The van der Waals surface area contributed by atoms with Gasteiger partial charge < -0.3 is 10.3 Å². The second-order valence-electron chi connectivity index (χ2n) is 7.50. The van der Waals surface area contributed by atoms with Crippen molar-refractivity contribution in [3.63, 3.8) is 0 Å². The molecule has 6 nitrogen and oxygen atoms in total. The van der Waals surface area contributed by atoms with Crippen molar-refractivity contribution < 1.29 is 4.79 Å². The highest BCUT2D eigenvalue weighted by Gasteiger charge is 2.29. The molecule has 9 heteroatoms. The molecule has 0 radical (unpaired) electrons. The van der Waals surface area contributed by atoms with Gasteiger partial charge in [-0.3, -0.25) is 14.3 Å². The molecule has 1 aliphatic rings. The molecule has 1 aliphatic heterocycles. The molecule has 1 aromatic heterocycles. The van der Waals surface area contributed by atoms with Crippen LogP contribution in [0.1, 0.15) is 25.8 Å². The van der Waals surface area contributed by atoms with Gasteiger partial charge in [-0.2, -0.15) is 0 Å². The Labute approximate surface area is 188 Å². The smallest absolute Gasteiger partial charge is 0.323 e. The van der Waals surface area contributed by atoms with Crippen LogP contribution in [0.25, 0.3) is 11.0 Å². The zero-order chi connectivity index (χ0) is 21.4. The standard InChI is InChI=1S/C21H21Cl3N4O2/c1-12(20(29)25-18-11-15(23)14(22)10-16(18)24)27-8-6-13(7-9-27)28-19-5-3-2-4-17(19)26-21(28)30/h2-5,10-13H,6-9H2,1H3,(H,25,29)(H,26,30). The van der Waals surface area contributed by atoms with Crippen LogP contribution >= 0.6 is 34.8 Å². The monoisotopic (exact) mass is 466 g/mol. The summed E-state index contributed by atoms with van der Waals surface area (Å²) in [6.07, 6.45) is 1.57. The lowest BCUT2D eigenvalue weighted by Gasteiger charge is -2.35. The van der Waals surface area contributed by atoms with E-state index >= 15 is 0 Å². The maximum Gasteiger partial charge on any atom is 0.326 e. The fourth-order valence-electron chi connectivity index (χ4n) is 3.99. The van der Waals surface area contributed by atoms with Crippen molar-refractivity contribution in [2.45, 2.75) is 31.8 Å². The number of amides is 1. The van der Waals surface area contributed by atoms with Gasteiger partial charge in [-0.15, -0.1) is 0 Å². The fraction of sp³-hybridized carbons (Fsp3) is 0.333. The largest absolute Gasteiger partial charge is 0.326 e. The van der Waals surface area contributed by atoms with Crippen LogP contribution in [0, 0.1) is 0 Å². The topological polar surface area (TPSA) is 70.1 Å². The summed E-state index contributed by atoms with van der Waals surface area (Å²) in [5.41, 5.74) is 2.11. The molecule has 2 N–H and O–H groups in total. The molecular weight excluding hydrogens is 447 g/mol. The molecule has 0 spiro atoms. The van der Waals surface area contributed by atoms with E-state index in [2.05, 4.69) is 15.2 Å². The van der Waals surface area contributed by atoms with E-state index in [-0.39, 0.29) is 23.7 Å². The Hall–Kier alpha value is -1.99. The number of likely N-dealkylation sites (tertiary alicyclic amines) is 1. The van der Waals surface area contributed by atoms with Crippen molar-refractivity contribution >= 4 is 57.4 Å². The molecule has 0 bridgehead atoms. The van der Waals surface area contributed by atoms with Gasteiger partial charge in [-0.25, -0.2) is 4.79 Å². The number of hydrogen-bond acceptors (Lipinski definition) is 3. The van der Waals surface area contributed by atoms with Gasteiger partial charge in [0, 0.05) is 19.1 Å². The molecule has 30 heavy (non-hydrogen) atoms. The first kappa shape index (κ1) is 21.2. The van der Waals surface area contributed by atoms with Gasteiger partial charge in [-0.1, -0.05) is 46.9 Å². The first-order valence-electron chi connectivity index (χ1n) is 9.74. The molecule has 1 amide bonds. The molecule has 0 aliphatic carbocycles. The number of nitrogens with one attached hydrogen (secondary N) is 2. The summed E-state index contributed by atoms with van der Waals surface area (Å²) in [6.45, 7) is 3.28. The van der Waals surface area contributed by atoms with E-state index in [9.17, 15) is 9.59 Å². The molecule has 0 saturated carbocycles. The van der Waals surface area contributed by atoms with Crippen LogP contribution in [0.4, 0.5) is 5.69 Å². The summed E-state index contributed by atoms with van der Waals surface area (Å²) in [4.78, 5) is 30.2. The number of nitrogens with zero attached hydrogens (tertiary/aromatic N) is 2. The summed E-state index contributed by atoms with van der Waals surface area (Å²) in [5.74, 6) is -0.169. The zero-order valence-corrected chi connectivity index (χ0v) is 18.6. The van der Waals surface area contributed by atoms with E-state index in [0.29, 0.717) is 33.8 Å². The number of fused-ring (bicyclic) bond motifs is 1. The maximum atomic E-state index is 12.8. The van der Waals surface area contributed by atoms with Crippen molar-refractivity contribution in [2.75, 3.05) is 18.4 Å². The van der Waals surface area contributed by atoms with E-state index in [1.54, 1.807) is 6.07 Å². The normalized spacial score (nSPS) is 16.7. The number of rotatable bonds is 4. The number of halogens is 3. The third-order valence-electron chi connectivity index (χ3n) is 5.68. The highest BCUT2D eigenvalue weighted by molar-refractivity contribution is 6.44. The number of piperidine rings is 1. The lowest BCUT2D eigenvalue weighted by Crippen LogP contribution is -2.46. The van der Waals surface area contributed by atoms with Crippen LogP contribution in [-0.4, -0.2) is 39.5 Å². The zero-order valence-electron chi connectivity index (χ0n) is 16.3. The van der Waals surface area contributed by atoms with Gasteiger partial charge in [0.2, 0.25) is 5.91 Å². The molecule has 4 rings (SSSR count). The van der Waals surface area contributed by atoms with Crippen LogP contribution in [-0.2, 0) is 4.79 Å². The van der Waals surface area contributed by atoms with Gasteiger partial charge >= 0.3 is 5.69 Å². The molecule has 158 valence electrons. The molecule has 2 heterocycles. The molecule has 1 fully saturated rings. The highest BCUT2D eigenvalue weighted by atomic mass is 35.5. The number of aromatic amines is 1. The SMILES string of the molecule is CC(C(=O)Nc1cc(Cl)c(Cl)cc1Cl)N1CCC(n2c(=O)[nH]c3ccccc32)CC1. The Balaban J connectivity index is 1.42. The highest BCUT2D eigenvalue weighted by Crippen LogP contribution is 2.32. The minimum atomic E-state index is -0.351. The van der Waals surface area contributed by atoms with E-state index in [1.165, 1.54) is 6.07 Å². The van der Waals surface area contributed by atoms with Crippen molar-refractivity contribution in [1.29, 1.82) is 0 Å². The molecular formula is C21H21Cl3N4O2. The van der Waals surface area contributed by atoms with Gasteiger partial charge in [0.1, 0.15) is 0 Å². The van der Waals surface area contributed by atoms with Crippen LogP contribution in [0.3, 0.4) is 0 Å². The van der Waals surface area contributed by atoms with E-state index in [0.717, 1.165) is 23.9 Å². The lowest BCUT2D eigenvalue weighted by atomic mass is 10.0. The summed E-state index contributed by atoms with van der Waals surface area (Å²) in [5, 5.41) is 3.83. The number of hydrogen-bond donors (Lipinski definition) is 2. The average molecular weight is 468 g/mol. The second kappa shape index (κ2) is 8.63. The maximum absolute atomic E-state index is 12.8. The average Bonchev–Trinajstić information content (AvgIpc) is 3.07. The fourth-order valence-corrected chi connectivity index (χ4v) is 4.58. The van der Waals surface area contributed by atoms with Crippen LogP contribution < -0.4 is 11.0 Å². The Morgan fingerprint density at radius 2 is 1.77 bits per heavy atom. The number of benzene rings is 2. The third kappa shape index (κ3) is 4.10. The number of imidazole rings is 1. The number of aromatic nitrogens is 2. The summed E-state index contributed by atoms with van der Waals surface area (Å²) < 4.78 is 1.84. The number of carbonyl (C=O) groups excluding carboxylic acids is 1. The summed E-state index contributed by atoms with van der Waals surface area (Å²) >= 11 is 18.1. The van der Waals surface area contributed by atoms with Crippen LogP contribution in [0.5, 0.6) is 0 Å². The van der Waals surface area contributed by atoms with E-state index < -0.39 is 0 Å². The van der Waals surface area contributed by atoms with E-state index in [4.69, 9.17) is 34.8 Å². The quantitative estimate of drug-likeness (QED) is 0.533. The predicted octanol–water partition coefficient (Wildman–Crippen LogP) is 4.95. The number of para-hydroxylation sites is 2. The lowest BCUT2D eigenvalue weighted by molar-refractivity contribution is -0.121. The van der Waals surface area contributed by atoms with Crippen molar-refractivity contribution in [3.05, 3.63) is 62.0 Å². The van der Waals surface area contributed by atoms with Crippen molar-refractivity contribution in [1.82, 2.24) is 14.5 Å². The first-order valence-corrected chi connectivity index (χ1v) is 10.9. The Kier molecular flexibility index (Phi) is 6.11. The van der Waals surface area contributed by atoms with Crippen molar-refractivity contribution in [3.8, 4) is 0 Å². The molecule has 1 atom stereocenters. The van der Waals surface area contributed by atoms with Gasteiger partial charge in [0.15, 0.2) is 0 Å². The molecule has 1 unspecified atom stereocenters. The molecule has 1 saturated heterocycles. The number of H-pyrrole nitrogens is 1. The van der Waals surface area contributed by atoms with Crippen LogP contribution in [0.15, 0.2) is 41.2 Å². The minimum Gasteiger partial charge on any atom is -0.323 e. The van der Waals surface area contributed by atoms with Gasteiger partial charge in [0.05, 0.1) is 37.8 Å². The Morgan fingerprint density at radius 1 is 1.10 bits per heavy atom. The van der Waals surface area contributed by atoms with Gasteiger partial charge in [0.25, 0.3) is 0 Å². The summed E-state index contributed by atoms with van der Waals surface area (Å²) in [6, 6.07) is 10.5. The Bertz CT molecular complexity index is 1150. The van der Waals surface area contributed by atoms with Crippen LogP contribution in [0.2, 0.25) is 15.1 Å².